The Morgan fingerprint density at radius 2 is 1.84 bits per heavy atom. The van der Waals surface area contributed by atoms with E-state index >= 15 is 0 Å². The van der Waals surface area contributed by atoms with Crippen molar-refractivity contribution in [1.29, 1.82) is 0 Å². The molecule has 4 fully saturated rings. The second kappa shape index (κ2) is 4.13. The molecule has 4 rings (SSSR count). The summed E-state index contributed by atoms with van der Waals surface area (Å²) in [6.07, 6.45) is 7.59. The first-order valence-electron chi connectivity index (χ1n) is 7.77. The Labute approximate surface area is 121 Å². The van der Waals surface area contributed by atoms with Crippen molar-refractivity contribution in [2.45, 2.75) is 76.1 Å². The van der Waals surface area contributed by atoms with E-state index in [2.05, 4.69) is 26.1 Å². The van der Waals surface area contributed by atoms with E-state index in [1.807, 2.05) is 0 Å². The first kappa shape index (κ1) is 13.7. The molecule has 1 N–H and O–H groups in total. The lowest BCUT2D eigenvalue weighted by molar-refractivity contribution is -0.146. The Hall–Kier alpha value is -0.240. The van der Waals surface area contributed by atoms with Crippen LogP contribution in [0.25, 0.3) is 0 Å². The van der Waals surface area contributed by atoms with Crippen LogP contribution in [0.15, 0.2) is 0 Å². The van der Waals surface area contributed by atoms with Crippen LogP contribution in [0.1, 0.15) is 65.7 Å². The molecule has 0 saturated heterocycles. The number of hydrogen-bond donors (Lipinski definition) is 1. The summed E-state index contributed by atoms with van der Waals surface area (Å²) in [5, 5.41) is 3.28. The van der Waals surface area contributed by atoms with E-state index in [9.17, 15) is 4.79 Å². The molecule has 108 valence electrons. The van der Waals surface area contributed by atoms with Gasteiger partial charge in [-0.15, -0.1) is 11.6 Å². The van der Waals surface area contributed by atoms with Crippen LogP contribution in [0.5, 0.6) is 0 Å². The Kier molecular flexibility index (Phi) is 2.98. The molecule has 2 nitrogen and oxygen atoms in total. The third kappa shape index (κ3) is 2.30. The average Bonchev–Trinajstić information content (AvgIpc) is 2.25. The summed E-state index contributed by atoms with van der Waals surface area (Å²) in [5.74, 6) is 1.65. The molecule has 4 aliphatic rings. The lowest BCUT2D eigenvalue weighted by Gasteiger charge is -2.59. The molecule has 4 bridgehead atoms. The predicted octanol–water partition coefficient (Wildman–Crippen LogP) is 3.87. The number of nitrogens with one attached hydrogen (secondary N) is 1. The summed E-state index contributed by atoms with van der Waals surface area (Å²) in [7, 11) is 0. The fourth-order valence-electron chi connectivity index (χ4n) is 4.94. The highest BCUT2D eigenvalue weighted by molar-refractivity contribution is 6.24. The van der Waals surface area contributed by atoms with Crippen LogP contribution in [0.4, 0.5) is 0 Å². The highest BCUT2D eigenvalue weighted by Crippen LogP contribution is 2.63. The predicted molar refractivity (Wildman–Crippen MR) is 78.2 cm³/mol. The molecule has 0 heterocycles. The summed E-state index contributed by atoms with van der Waals surface area (Å²) in [4.78, 5) is 12.8. The Morgan fingerprint density at radius 3 is 2.32 bits per heavy atom. The van der Waals surface area contributed by atoms with Crippen LogP contribution >= 0.6 is 11.6 Å². The lowest BCUT2D eigenvalue weighted by Crippen LogP contribution is -2.60. The van der Waals surface area contributed by atoms with Crippen LogP contribution in [0.3, 0.4) is 0 Å². The van der Waals surface area contributed by atoms with Crippen molar-refractivity contribution >= 4 is 17.5 Å². The smallest absolute Gasteiger partial charge is 0.226 e. The van der Waals surface area contributed by atoms with E-state index in [1.54, 1.807) is 0 Å². The first-order chi connectivity index (χ1) is 8.76. The summed E-state index contributed by atoms with van der Waals surface area (Å²) < 4.78 is 0. The van der Waals surface area contributed by atoms with Gasteiger partial charge < -0.3 is 5.32 Å². The second-order valence-corrected chi connectivity index (χ2v) is 8.89. The molecule has 1 amide bonds. The Balaban J connectivity index is 1.82. The van der Waals surface area contributed by atoms with E-state index in [4.69, 9.17) is 11.6 Å². The Morgan fingerprint density at radius 1 is 1.26 bits per heavy atom. The van der Waals surface area contributed by atoms with E-state index in [1.165, 1.54) is 6.42 Å². The first-order valence-corrected chi connectivity index (χ1v) is 8.15. The summed E-state index contributed by atoms with van der Waals surface area (Å²) in [6, 6.07) is 0. The van der Waals surface area contributed by atoms with Gasteiger partial charge in [-0.25, -0.2) is 0 Å². The standard InChI is InChI=1S/C16H26ClNO/c1-4-14(2,3)18-13(19)15-6-11-5-12(7-15)9-16(17,8-11)10-15/h11-12H,4-10H2,1-3H3,(H,18,19)/t11-,12-,15?,16?/m0/s1. The SMILES string of the molecule is CCC(C)(C)NC(=O)C12C[C@@H]3C[C@H](CC(Cl)(C3)C1)C2. The normalized spacial score (nSPS) is 44.4. The lowest BCUT2D eigenvalue weighted by atomic mass is 9.49. The van der Waals surface area contributed by atoms with Gasteiger partial charge in [-0.1, -0.05) is 6.92 Å². The largest absolute Gasteiger partial charge is 0.351 e. The second-order valence-electron chi connectivity index (χ2n) is 8.08. The fraction of sp³-hybridized carbons (Fsp3) is 0.938. The molecular formula is C16H26ClNO. The van der Waals surface area contributed by atoms with Gasteiger partial charge in [0, 0.05) is 10.4 Å². The maximum Gasteiger partial charge on any atom is 0.226 e. The number of rotatable bonds is 3. The monoisotopic (exact) mass is 283 g/mol. The van der Waals surface area contributed by atoms with Crippen molar-refractivity contribution in [1.82, 2.24) is 5.32 Å². The summed E-state index contributed by atoms with van der Waals surface area (Å²) >= 11 is 6.79. The molecule has 0 aromatic rings. The molecule has 2 atom stereocenters. The third-order valence-electron chi connectivity index (χ3n) is 5.81. The van der Waals surface area contributed by atoms with Crippen LogP contribution < -0.4 is 5.32 Å². The topological polar surface area (TPSA) is 29.1 Å². The summed E-state index contributed by atoms with van der Waals surface area (Å²) in [6.45, 7) is 6.35. The molecule has 19 heavy (non-hydrogen) atoms. The number of hydrogen-bond acceptors (Lipinski definition) is 1. The van der Waals surface area contributed by atoms with Gasteiger partial charge in [0.05, 0.1) is 5.41 Å². The minimum absolute atomic E-state index is 0.0716. The molecule has 0 aromatic carbocycles. The minimum Gasteiger partial charge on any atom is -0.351 e. The van der Waals surface area contributed by atoms with E-state index < -0.39 is 0 Å². The van der Waals surface area contributed by atoms with Gasteiger partial charge >= 0.3 is 0 Å². The van der Waals surface area contributed by atoms with Crippen molar-refractivity contribution < 1.29 is 4.79 Å². The van der Waals surface area contributed by atoms with Gasteiger partial charge in [-0.2, -0.15) is 0 Å². The highest BCUT2D eigenvalue weighted by atomic mass is 35.5. The van der Waals surface area contributed by atoms with Crippen molar-refractivity contribution in [2.75, 3.05) is 0 Å². The number of carbonyl (C=O) groups excluding carboxylic acids is 1. The molecule has 4 saturated carbocycles. The van der Waals surface area contributed by atoms with E-state index in [0.717, 1.165) is 38.5 Å². The van der Waals surface area contributed by atoms with Crippen molar-refractivity contribution in [2.24, 2.45) is 17.3 Å². The van der Waals surface area contributed by atoms with Crippen LogP contribution in [-0.4, -0.2) is 16.3 Å². The Bertz CT molecular complexity index is 390. The van der Waals surface area contributed by atoms with Gasteiger partial charge in [0.1, 0.15) is 0 Å². The number of amides is 1. The van der Waals surface area contributed by atoms with Gasteiger partial charge in [0.2, 0.25) is 5.91 Å². The number of carbonyl (C=O) groups is 1. The van der Waals surface area contributed by atoms with Crippen molar-refractivity contribution in [3.8, 4) is 0 Å². The van der Waals surface area contributed by atoms with E-state index in [-0.39, 0.29) is 21.7 Å². The quantitative estimate of drug-likeness (QED) is 0.783. The van der Waals surface area contributed by atoms with Gasteiger partial charge in [0.25, 0.3) is 0 Å². The molecule has 0 spiro atoms. The zero-order chi connectivity index (χ0) is 13.9. The third-order valence-corrected chi connectivity index (χ3v) is 6.25. The van der Waals surface area contributed by atoms with Crippen LogP contribution in [-0.2, 0) is 4.79 Å². The van der Waals surface area contributed by atoms with Gasteiger partial charge in [-0.3, -0.25) is 4.79 Å². The van der Waals surface area contributed by atoms with Crippen molar-refractivity contribution in [3.05, 3.63) is 0 Å². The summed E-state index contributed by atoms with van der Waals surface area (Å²) in [5.41, 5.74) is -0.252. The van der Waals surface area contributed by atoms with Crippen LogP contribution in [0, 0.1) is 17.3 Å². The maximum atomic E-state index is 12.8. The molecule has 4 aliphatic carbocycles. The number of alkyl halides is 1. The zero-order valence-corrected chi connectivity index (χ0v) is 13.1. The molecule has 0 aliphatic heterocycles. The zero-order valence-electron chi connectivity index (χ0n) is 12.4. The minimum atomic E-state index is -0.154. The average molecular weight is 284 g/mol. The molecule has 0 radical (unpaired) electrons. The molecule has 0 unspecified atom stereocenters. The van der Waals surface area contributed by atoms with Gasteiger partial charge in [-0.05, 0) is 70.6 Å². The molecule has 0 aromatic heterocycles. The highest BCUT2D eigenvalue weighted by Gasteiger charge is 2.60. The fourth-order valence-corrected chi connectivity index (χ4v) is 5.64. The van der Waals surface area contributed by atoms with Crippen LogP contribution in [0.2, 0.25) is 0 Å². The van der Waals surface area contributed by atoms with Crippen molar-refractivity contribution in [3.63, 3.8) is 0 Å². The molecule has 3 heteroatoms. The molecular weight excluding hydrogens is 258 g/mol. The van der Waals surface area contributed by atoms with Gasteiger partial charge in [0.15, 0.2) is 0 Å². The maximum absolute atomic E-state index is 12.8. The van der Waals surface area contributed by atoms with E-state index in [0.29, 0.717) is 11.8 Å². The number of halogens is 1.